The number of rotatable bonds is 5. The van der Waals surface area contributed by atoms with Gasteiger partial charge in [-0.1, -0.05) is 0 Å². The minimum absolute atomic E-state index is 0.00123. The quantitative estimate of drug-likeness (QED) is 0.650. The van der Waals surface area contributed by atoms with Crippen molar-refractivity contribution < 1.29 is 14.7 Å². The predicted octanol–water partition coefficient (Wildman–Crippen LogP) is 0.372. The largest absolute Gasteiger partial charge is 0.481 e. The Morgan fingerprint density at radius 3 is 2.82 bits per heavy atom. The Bertz CT molecular complexity index is 283. The van der Waals surface area contributed by atoms with E-state index in [1.54, 1.807) is 4.90 Å². The van der Waals surface area contributed by atoms with Crippen LogP contribution in [0.25, 0.3) is 0 Å². The summed E-state index contributed by atoms with van der Waals surface area (Å²) < 4.78 is 0. The van der Waals surface area contributed by atoms with Crippen LogP contribution in [0.2, 0.25) is 0 Å². The van der Waals surface area contributed by atoms with Gasteiger partial charge in [-0.2, -0.15) is 0 Å². The number of aliphatic carboxylic acids is 1. The molecule has 6 heteroatoms. The molecule has 2 atom stereocenters. The van der Waals surface area contributed by atoms with Crippen molar-refractivity contribution in [2.75, 3.05) is 13.1 Å². The lowest BCUT2D eigenvalue weighted by Crippen LogP contribution is -2.43. The Morgan fingerprint density at radius 2 is 2.29 bits per heavy atom. The fourth-order valence-electron chi connectivity index (χ4n) is 1.91. The highest BCUT2D eigenvalue weighted by Crippen LogP contribution is 2.08. The van der Waals surface area contributed by atoms with E-state index in [2.05, 4.69) is 5.32 Å². The topological polar surface area (TPSA) is 95.7 Å². The fraction of sp³-hybridized carbons (Fsp3) is 0.818. The molecule has 0 aliphatic carbocycles. The standard InChI is InChI=1S/C11H21N3O3/c1-8(3-2-4-10(15)16)13-11(17)14-6-5-9(12)7-14/h8-9H,2-7,12H2,1H3,(H,13,17)(H,15,16). The number of carbonyl (C=O) groups excluding carboxylic acids is 1. The number of likely N-dealkylation sites (tertiary alicyclic amines) is 1. The van der Waals surface area contributed by atoms with Gasteiger partial charge < -0.3 is 21.1 Å². The van der Waals surface area contributed by atoms with Crippen molar-refractivity contribution in [1.82, 2.24) is 10.2 Å². The highest BCUT2D eigenvalue weighted by atomic mass is 16.4. The number of hydrogen-bond acceptors (Lipinski definition) is 3. The molecular formula is C11H21N3O3. The van der Waals surface area contributed by atoms with Crippen LogP contribution in [0.3, 0.4) is 0 Å². The Hall–Kier alpha value is -1.30. The van der Waals surface area contributed by atoms with E-state index in [4.69, 9.17) is 10.8 Å². The van der Waals surface area contributed by atoms with E-state index >= 15 is 0 Å². The van der Waals surface area contributed by atoms with Crippen LogP contribution in [-0.2, 0) is 4.79 Å². The Labute approximate surface area is 101 Å². The zero-order valence-electron chi connectivity index (χ0n) is 10.2. The SMILES string of the molecule is CC(CCCC(=O)O)NC(=O)N1CCC(N)C1. The Morgan fingerprint density at radius 1 is 1.59 bits per heavy atom. The molecule has 2 unspecified atom stereocenters. The summed E-state index contributed by atoms with van der Waals surface area (Å²) in [7, 11) is 0. The normalized spacial score (nSPS) is 21.3. The lowest BCUT2D eigenvalue weighted by Gasteiger charge is -2.20. The summed E-state index contributed by atoms with van der Waals surface area (Å²) in [6.07, 6.45) is 2.25. The highest BCUT2D eigenvalue weighted by Gasteiger charge is 2.24. The second-order valence-corrected chi connectivity index (χ2v) is 4.63. The lowest BCUT2D eigenvalue weighted by atomic mass is 10.1. The highest BCUT2D eigenvalue weighted by molar-refractivity contribution is 5.74. The van der Waals surface area contributed by atoms with Gasteiger partial charge in [0.1, 0.15) is 0 Å². The smallest absolute Gasteiger partial charge is 0.317 e. The van der Waals surface area contributed by atoms with Gasteiger partial charge in [0.05, 0.1) is 0 Å². The van der Waals surface area contributed by atoms with E-state index in [-0.39, 0.29) is 24.5 Å². The lowest BCUT2D eigenvalue weighted by molar-refractivity contribution is -0.137. The van der Waals surface area contributed by atoms with Gasteiger partial charge in [0.25, 0.3) is 0 Å². The van der Waals surface area contributed by atoms with E-state index in [1.807, 2.05) is 6.92 Å². The number of nitrogens with one attached hydrogen (secondary N) is 1. The maximum atomic E-state index is 11.7. The second kappa shape index (κ2) is 6.44. The third-order valence-electron chi connectivity index (χ3n) is 2.91. The monoisotopic (exact) mass is 243 g/mol. The molecule has 0 spiro atoms. The minimum atomic E-state index is -0.797. The summed E-state index contributed by atoms with van der Waals surface area (Å²) in [4.78, 5) is 23.8. The van der Waals surface area contributed by atoms with Gasteiger partial charge in [0.2, 0.25) is 0 Å². The average Bonchev–Trinajstić information content (AvgIpc) is 2.64. The molecule has 0 aromatic carbocycles. The first kappa shape index (κ1) is 13.8. The molecule has 0 aromatic rings. The van der Waals surface area contributed by atoms with E-state index < -0.39 is 5.97 Å². The van der Waals surface area contributed by atoms with Crippen LogP contribution < -0.4 is 11.1 Å². The molecule has 1 fully saturated rings. The zero-order chi connectivity index (χ0) is 12.8. The van der Waals surface area contributed by atoms with Crippen LogP contribution in [0, 0.1) is 0 Å². The van der Waals surface area contributed by atoms with Gasteiger partial charge >= 0.3 is 12.0 Å². The van der Waals surface area contributed by atoms with Crippen LogP contribution in [0.4, 0.5) is 4.79 Å². The minimum Gasteiger partial charge on any atom is -0.481 e. The third kappa shape index (κ3) is 5.04. The van der Waals surface area contributed by atoms with Crippen LogP contribution in [0.1, 0.15) is 32.6 Å². The molecule has 1 saturated heterocycles. The number of urea groups is 1. The molecule has 6 nitrogen and oxygen atoms in total. The summed E-state index contributed by atoms with van der Waals surface area (Å²) in [6, 6.07) is -0.0116. The number of carboxylic acids is 1. The second-order valence-electron chi connectivity index (χ2n) is 4.63. The summed E-state index contributed by atoms with van der Waals surface area (Å²) in [5, 5.41) is 11.4. The summed E-state index contributed by atoms with van der Waals surface area (Å²) >= 11 is 0. The van der Waals surface area contributed by atoms with Crippen molar-refractivity contribution in [2.24, 2.45) is 5.73 Å². The number of nitrogens with two attached hydrogens (primary N) is 1. The first-order valence-corrected chi connectivity index (χ1v) is 6.02. The van der Waals surface area contributed by atoms with Crippen molar-refractivity contribution in [3.63, 3.8) is 0 Å². The number of carboxylic acid groups (broad SMARTS) is 1. The molecule has 0 saturated carbocycles. The molecule has 0 bridgehead atoms. The van der Waals surface area contributed by atoms with E-state index in [0.29, 0.717) is 25.9 Å². The number of hydrogen-bond donors (Lipinski definition) is 3. The van der Waals surface area contributed by atoms with Crippen molar-refractivity contribution >= 4 is 12.0 Å². The third-order valence-corrected chi connectivity index (χ3v) is 2.91. The fourth-order valence-corrected chi connectivity index (χ4v) is 1.91. The molecule has 0 aromatic heterocycles. The van der Waals surface area contributed by atoms with Crippen molar-refractivity contribution in [3.05, 3.63) is 0 Å². The van der Waals surface area contributed by atoms with Gasteiger partial charge in [-0.15, -0.1) is 0 Å². The number of amides is 2. The molecule has 98 valence electrons. The summed E-state index contributed by atoms with van der Waals surface area (Å²) in [6.45, 7) is 3.19. The first-order chi connectivity index (χ1) is 7.99. The number of nitrogens with zero attached hydrogens (tertiary/aromatic N) is 1. The molecule has 1 rings (SSSR count). The van der Waals surface area contributed by atoms with E-state index in [0.717, 1.165) is 6.42 Å². The van der Waals surface area contributed by atoms with E-state index in [1.165, 1.54) is 0 Å². The average molecular weight is 243 g/mol. The molecule has 0 radical (unpaired) electrons. The maximum absolute atomic E-state index is 11.7. The Kier molecular flexibility index (Phi) is 5.21. The van der Waals surface area contributed by atoms with Gasteiger partial charge in [-0.25, -0.2) is 4.79 Å². The molecule has 1 aliphatic heterocycles. The molecule has 4 N–H and O–H groups in total. The maximum Gasteiger partial charge on any atom is 0.317 e. The first-order valence-electron chi connectivity index (χ1n) is 6.02. The van der Waals surface area contributed by atoms with Crippen molar-refractivity contribution in [3.8, 4) is 0 Å². The van der Waals surface area contributed by atoms with Crippen LogP contribution in [-0.4, -0.2) is 47.2 Å². The summed E-state index contributed by atoms with van der Waals surface area (Å²) in [5.41, 5.74) is 5.72. The molecule has 17 heavy (non-hydrogen) atoms. The van der Waals surface area contributed by atoms with Crippen LogP contribution >= 0.6 is 0 Å². The van der Waals surface area contributed by atoms with Crippen LogP contribution in [0.15, 0.2) is 0 Å². The van der Waals surface area contributed by atoms with Gasteiger partial charge in [-0.3, -0.25) is 4.79 Å². The molecule has 1 heterocycles. The molecule has 2 amide bonds. The van der Waals surface area contributed by atoms with Gasteiger partial charge in [-0.05, 0) is 26.2 Å². The van der Waals surface area contributed by atoms with Crippen molar-refractivity contribution in [1.29, 1.82) is 0 Å². The summed E-state index contributed by atoms with van der Waals surface area (Å²) in [5.74, 6) is -0.797. The van der Waals surface area contributed by atoms with Gasteiger partial charge in [0, 0.05) is 31.6 Å². The molecular weight excluding hydrogens is 222 g/mol. The van der Waals surface area contributed by atoms with Crippen molar-refractivity contribution in [2.45, 2.75) is 44.7 Å². The molecule has 1 aliphatic rings. The zero-order valence-corrected chi connectivity index (χ0v) is 10.2. The van der Waals surface area contributed by atoms with Gasteiger partial charge in [0.15, 0.2) is 0 Å². The predicted molar refractivity (Wildman–Crippen MR) is 63.6 cm³/mol. The number of carbonyl (C=O) groups is 2. The Balaban J connectivity index is 2.19. The van der Waals surface area contributed by atoms with Crippen LogP contribution in [0.5, 0.6) is 0 Å². The van der Waals surface area contributed by atoms with E-state index in [9.17, 15) is 9.59 Å².